The summed E-state index contributed by atoms with van der Waals surface area (Å²) in [7, 11) is 3.06. The van der Waals surface area contributed by atoms with Gasteiger partial charge >= 0.3 is 10.7 Å². The van der Waals surface area contributed by atoms with E-state index in [0.29, 0.717) is 27.9 Å². The molecule has 0 aliphatic carbocycles. The molecule has 0 saturated carbocycles. The molecule has 8 nitrogen and oxygen atoms in total. The van der Waals surface area contributed by atoms with Crippen molar-refractivity contribution in [3.05, 3.63) is 57.9 Å². The van der Waals surface area contributed by atoms with Gasteiger partial charge in [-0.25, -0.2) is 4.79 Å². The predicted molar refractivity (Wildman–Crippen MR) is 105 cm³/mol. The Morgan fingerprint density at radius 1 is 1.21 bits per heavy atom. The molecular formula is C18H17ClN3O5S+. The SMILES string of the molecule is COc1ccc(-[n+]2[nH]oc(=O)c2SCC(=O)Nc2cc(Cl)ccc2OC)cc1. The first-order chi connectivity index (χ1) is 13.5. The lowest BCUT2D eigenvalue weighted by Gasteiger charge is -2.09. The normalized spacial score (nSPS) is 10.5. The number of nitrogens with one attached hydrogen (secondary N) is 2. The lowest BCUT2D eigenvalue weighted by molar-refractivity contribution is -0.704. The summed E-state index contributed by atoms with van der Waals surface area (Å²) in [5, 5.41) is 5.95. The number of carbonyl (C=O) groups excluding carboxylic acids is 1. The van der Waals surface area contributed by atoms with Crippen LogP contribution in [-0.2, 0) is 4.79 Å². The molecule has 0 aliphatic rings. The van der Waals surface area contributed by atoms with E-state index in [1.807, 2.05) is 0 Å². The van der Waals surface area contributed by atoms with Gasteiger partial charge < -0.3 is 14.8 Å². The number of carbonyl (C=O) groups is 1. The van der Waals surface area contributed by atoms with Crippen LogP contribution in [0.4, 0.5) is 5.69 Å². The van der Waals surface area contributed by atoms with Gasteiger partial charge in [0.15, 0.2) is 0 Å². The molecule has 2 N–H and O–H groups in total. The first-order valence-corrected chi connectivity index (χ1v) is 9.42. The van der Waals surface area contributed by atoms with E-state index in [1.54, 1.807) is 49.6 Å². The summed E-state index contributed by atoms with van der Waals surface area (Å²) in [6.07, 6.45) is 0. The third-order valence-electron chi connectivity index (χ3n) is 3.71. The number of benzene rings is 2. The Kier molecular flexibility index (Phi) is 6.27. The molecule has 0 aliphatic heterocycles. The Balaban J connectivity index is 1.73. The molecular weight excluding hydrogens is 406 g/mol. The zero-order valence-electron chi connectivity index (χ0n) is 15.0. The molecule has 10 heteroatoms. The fourth-order valence-corrected chi connectivity index (χ4v) is 3.33. The van der Waals surface area contributed by atoms with E-state index in [0.717, 1.165) is 11.8 Å². The Labute approximate surface area is 169 Å². The number of methoxy groups -OCH3 is 2. The summed E-state index contributed by atoms with van der Waals surface area (Å²) in [4.78, 5) is 24.3. The summed E-state index contributed by atoms with van der Waals surface area (Å²) >= 11 is 7.00. The number of hydrogen-bond acceptors (Lipinski definition) is 6. The Morgan fingerprint density at radius 3 is 2.64 bits per heavy atom. The van der Waals surface area contributed by atoms with E-state index in [1.165, 1.54) is 11.8 Å². The second-order valence-electron chi connectivity index (χ2n) is 5.50. The maximum atomic E-state index is 12.3. The van der Waals surface area contributed by atoms with Gasteiger partial charge in [-0.15, -0.1) is 0 Å². The third kappa shape index (κ3) is 4.49. The zero-order chi connectivity index (χ0) is 20.1. The number of amides is 1. The molecule has 0 bridgehead atoms. The van der Waals surface area contributed by atoms with E-state index >= 15 is 0 Å². The summed E-state index contributed by atoms with van der Waals surface area (Å²) < 4.78 is 16.7. The highest BCUT2D eigenvalue weighted by molar-refractivity contribution is 7.99. The average Bonchev–Trinajstić information content (AvgIpc) is 3.07. The van der Waals surface area contributed by atoms with Crippen LogP contribution in [0, 0.1) is 0 Å². The summed E-state index contributed by atoms with van der Waals surface area (Å²) in [5.41, 5.74) is 0.532. The van der Waals surface area contributed by atoms with E-state index < -0.39 is 5.63 Å². The van der Waals surface area contributed by atoms with E-state index in [4.69, 9.17) is 25.6 Å². The minimum absolute atomic E-state index is 0.0194. The number of aromatic nitrogens is 2. The van der Waals surface area contributed by atoms with Crippen LogP contribution in [0.25, 0.3) is 5.69 Å². The zero-order valence-corrected chi connectivity index (χ0v) is 16.6. The Bertz CT molecular complexity index is 1030. The third-order valence-corrected chi connectivity index (χ3v) is 4.98. The fraction of sp³-hybridized carbons (Fsp3) is 0.167. The van der Waals surface area contributed by atoms with Crippen LogP contribution >= 0.6 is 23.4 Å². The van der Waals surface area contributed by atoms with Gasteiger partial charge in [-0.2, -0.15) is 0 Å². The number of anilines is 1. The molecule has 146 valence electrons. The lowest BCUT2D eigenvalue weighted by Crippen LogP contribution is -2.36. The number of hydrogen-bond donors (Lipinski definition) is 2. The molecule has 3 rings (SSSR count). The van der Waals surface area contributed by atoms with Crippen molar-refractivity contribution in [2.75, 3.05) is 25.3 Å². The van der Waals surface area contributed by atoms with Crippen molar-refractivity contribution in [2.45, 2.75) is 5.03 Å². The Morgan fingerprint density at radius 2 is 1.96 bits per heavy atom. The molecule has 2 aromatic carbocycles. The summed E-state index contributed by atoms with van der Waals surface area (Å²) in [6.45, 7) is 0. The largest absolute Gasteiger partial charge is 0.497 e. The molecule has 0 spiro atoms. The number of aromatic amines is 1. The van der Waals surface area contributed by atoms with Crippen LogP contribution in [0.15, 0.2) is 56.8 Å². The number of halogens is 1. The van der Waals surface area contributed by atoms with Crippen LogP contribution in [0.1, 0.15) is 0 Å². The molecule has 28 heavy (non-hydrogen) atoms. The highest BCUT2D eigenvalue weighted by Gasteiger charge is 2.25. The van der Waals surface area contributed by atoms with Crippen molar-refractivity contribution in [1.29, 1.82) is 0 Å². The molecule has 0 unspecified atom stereocenters. The monoisotopic (exact) mass is 422 g/mol. The van der Waals surface area contributed by atoms with Crippen LogP contribution < -0.4 is 25.1 Å². The fourth-order valence-electron chi connectivity index (χ4n) is 2.39. The quantitative estimate of drug-likeness (QED) is 0.448. The maximum Gasteiger partial charge on any atom is 0.442 e. The summed E-state index contributed by atoms with van der Waals surface area (Å²) in [5.74, 6) is 0.818. The van der Waals surface area contributed by atoms with Crippen LogP contribution in [0.3, 0.4) is 0 Å². The van der Waals surface area contributed by atoms with Crippen molar-refractivity contribution in [1.82, 2.24) is 5.27 Å². The second kappa shape index (κ2) is 8.85. The number of rotatable bonds is 7. The van der Waals surface area contributed by atoms with E-state index in [9.17, 15) is 9.59 Å². The van der Waals surface area contributed by atoms with Crippen LogP contribution in [0.5, 0.6) is 11.5 Å². The van der Waals surface area contributed by atoms with E-state index in [2.05, 4.69) is 10.6 Å². The van der Waals surface area contributed by atoms with Crippen molar-refractivity contribution in [3.63, 3.8) is 0 Å². The second-order valence-corrected chi connectivity index (χ2v) is 6.90. The minimum atomic E-state index is -0.575. The van der Waals surface area contributed by atoms with Crippen molar-refractivity contribution >= 4 is 35.0 Å². The lowest BCUT2D eigenvalue weighted by atomic mass is 10.3. The predicted octanol–water partition coefficient (Wildman–Crippen LogP) is 2.65. The van der Waals surface area contributed by atoms with Gasteiger partial charge in [0.2, 0.25) is 11.6 Å². The molecule has 0 radical (unpaired) electrons. The van der Waals surface area contributed by atoms with Crippen molar-refractivity contribution in [3.8, 4) is 17.2 Å². The van der Waals surface area contributed by atoms with Gasteiger partial charge in [-0.05, 0) is 52.0 Å². The van der Waals surface area contributed by atoms with E-state index in [-0.39, 0.29) is 16.7 Å². The highest BCUT2D eigenvalue weighted by Crippen LogP contribution is 2.28. The average molecular weight is 423 g/mol. The first-order valence-electron chi connectivity index (χ1n) is 8.06. The number of thioether (sulfide) groups is 1. The van der Waals surface area contributed by atoms with Crippen molar-refractivity contribution < 1.29 is 23.5 Å². The van der Waals surface area contributed by atoms with Gasteiger partial charge in [0, 0.05) is 17.2 Å². The minimum Gasteiger partial charge on any atom is -0.497 e. The van der Waals surface area contributed by atoms with Gasteiger partial charge in [-0.3, -0.25) is 9.32 Å². The smallest absolute Gasteiger partial charge is 0.442 e. The maximum absolute atomic E-state index is 12.3. The van der Waals surface area contributed by atoms with Gasteiger partial charge in [-0.1, -0.05) is 11.6 Å². The van der Waals surface area contributed by atoms with Crippen LogP contribution in [0.2, 0.25) is 5.02 Å². The van der Waals surface area contributed by atoms with Crippen molar-refractivity contribution in [2.24, 2.45) is 0 Å². The molecule has 1 aromatic heterocycles. The van der Waals surface area contributed by atoms with Crippen LogP contribution in [-0.4, -0.2) is 31.2 Å². The molecule has 1 amide bonds. The first kappa shape index (κ1) is 19.8. The molecule has 0 atom stereocenters. The molecule has 0 saturated heterocycles. The standard InChI is InChI=1S/C18H16ClN3O5S/c1-25-13-6-4-12(5-7-13)22-17(18(24)27-21-22)28-10-16(23)20-14-9-11(19)3-8-15(14)26-2/h3-9H,10H2,1-2H3,(H-,20,21,23,24)/p+1. The highest BCUT2D eigenvalue weighted by atomic mass is 35.5. The Hall–Kier alpha value is -2.91. The van der Waals surface area contributed by atoms with Gasteiger partial charge in [0.1, 0.15) is 11.5 Å². The van der Waals surface area contributed by atoms with Gasteiger partial charge in [0.25, 0.3) is 0 Å². The number of ether oxygens (including phenoxy) is 2. The van der Waals surface area contributed by atoms with Gasteiger partial charge in [0.05, 0.1) is 25.7 Å². The number of nitrogens with zero attached hydrogens (tertiary/aromatic N) is 1. The topological polar surface area (TPSA) is 97.4 Å². The molecule has 0 fully saturated rings. The summed E-state index contributed by atoms with van der Waals surface area (Å²) in [6, 6.07) is 11.9. The molecule has 1 heterocycles. The molecule has 3 aromatic rings. The number of H-pyrrole nitrogens is 1.